The van der Waals surface area contributed by atoms with Gasteiger partial charge in [-0.05, 0) is 0 Å². The van der Waals surface area contributed by atoms with Gasteiger partial charge in [0.05, 0.1) is 0 Å². The van der Waals surface area contributed by atoms with Gasteiger partial charge in [-0.25, -0.2) is 4.98 Å². The summed E-state index contributed by atoms with van der Waals surface area (Å²) in [7, 11) is 1.45. The van der Waals surface area contributed by atoms with Crippen LogP contribution in [0.15, 0.2) is 4.99 Å². The fraction of sp³-hybridized carbons (Fsp3) is 0.200. The molecule has 0 amide bonds. The number of nitrogen functional groups attached to an aromatic ring is 3. The van der Waals surface area contributed by atoms with Crippen LogP contribution in [0.25, 0.3) is 0 Å². The lowest BCUT2D eigenvalue weighted by Gasteiger charge is -2.06. The van der Waals surface area contributed by atoms with Gasteiger partial charge >= 0.3 is 0 Å². The summed E-state index contributed by atoms with van der Waals surface area (Å²) in [5.74, 6) is -0.0705. The first kappa shape index (κ1) is 8.18. The zero-order valence-electron chi connectivity index (χ0n) is 6.52. The van der Waals surface area contributed by atoms with E-state index in [0.717, 1.165) is 0 Å². The molecule has 0 fully saturated rings. The highest BCUT2D eigenvalue weighted by Gasteiger charge is 2.06. The Hall–Kier alpha value is -1.92. The SMILES string of the molecule is CN=c1c(N)nc(N)c(N)n1O. The summed E-state index contributed by atoms with van der Waals surface area (Å²) in [5, 5.41) is 9.26. The minimum Gasteiger partial charge on any atom is -0.425 e. The Labute approximate surface area is 68.1 Å². The molecule has 1 heterocycles. The summed E-state index contributed by atoms with van der Waals surface area (Å²) in [6, 6.07) is 0. The smallest absolute Gasteiger partial charge is 0.208 e. The van der Waals surface area contributed by atoms with Crippen molar-refractivity contribution in [1.82, 2.24) is 9.71 Å². The quantitative estimate of drug-likeness (QED) is 0.348. The summed E-state index contributed by atoms with van der Waals surface area (Å²) in [6.45, 7) is 0. The number of hydrogen-bond donors (Lipinski definition) is 4. The molecular weight excluding hydrogens is 160 g/mol. The molecule has 66 valence electrons. The number of nitrogens with zero attached hydrogens (tertiary/aromatic N) is 3. The lowest BCUT2D eigenvalue weighted by Crippen LogP contribution is -2.27. The molecule has 0 aliphatic carbocycles. The lowest BCUT2D eigenvalue weighted by molar-refractivity contribution is 0.179. The molecule has 0 spiro atoms. The van der Waals surface area contributed by atoms with Crippen LogP contribution in [0.2, 0.25) is 0 Å². The second-order valence-electron chi connectivity index (χ2n) is 2.13. The van der Waals surface area contributed by atoms with Crippen LogP contribution in [0, 0.1) is 0 Å². The van der Waals surface area contributed by atoms with Gasteiger partial charge in [0.15, 0.2) is 17.5 Å². The Morgan fingerprint density at radius 1 is 1.33 bits per heavy atom. The first-order valence-corrected chi connectivity index (χ1v) is 3.13. The number of hydrogen-bond acceptors (Lipinski definition) is 6. The Morgan fingerprint density at radius 2 is 1.92 bits per heavy atom. The molecule has 1 rings (SSSR count). The molecule has 7 nitrogen and oxygen atoms in total. The monoisotopic (exact) mass is 170 g/mol. The molecule has 1 aromatic rings. The van der Waals surface area contributed by atoms with Crippen LogP contribution in [-0.2, 0) is 0 Å². The Kier molecular flexibility index (Phi) is 1.78. The van der Waals surface area contributed by atoms with Crippen molar-refractivity contribution in [3.63, 3.8) is 0 Å². The molecule has 0 radical (unpaired) electrons. The fourth-order valence-corrected chi connectivity index (χ4v) is 0.777. The van der Waals surface area contributed by atoms with Gasteiger partial charge in [-0.2, -0.15) is 0 Å². The normalized spacial score (nSPS) is 11.9. The van der Waals surface area contributed by atoms with Gasteiger partial charge in [-0.3, -0.25) is 4.99 Å². The molecule has 0 saturated carbocycles. The van der Waals surface area contributed by atoms with Crippen molar-refractivity contribution in [3.05, 3.63) is 5.49 Å². The van der Waals surface area contributed by atoms with Gasteiger partial charge in [0.1, 0.15) is 0 Å². The summed E-state index contributed by atoms with van der Waals surface area (Å²) in [6.07, 6.45) is 0. The summed E-state index contributed by atoms with van der Waals surface area (Å²) in [5.41, 5.74) is 16.1. The fourth-order valence-electron chi connectivity index (χ4n) is 0.777. The summed E-state index contributed by atoms with van der Waals surface area (Å²) >= 11 is 0. The minimum atomic E-state index is -0.0789. The van der Waals surface area contributed by atoms with Gasteiger partial charge < -0.3 is 22.4 Å². The first-order valence-electron chi connectivity index (χ1n) is 3.13. The molecule has 0 saturated heterocycles. The van der Waals surface area contributed by atoms with Crippen molar-refractivity contribution in [2.45, 2.75) is 0 Å². The van der Waals surface area contributed by atoms with Crippen LogP contribution >= 0.6 is 0 Å². The average Bonchev–Trinajstić information content (AvgIpc) is 2.01. The maximum Gasteiger partial charge on any atom is 0.208 e. The Morgan fingerprint density at radius 3 is 2.42 bits per heavy atom. The molecular formula is C5H10N6O. The summed E-state index contributed by atoms with van der Waals surface area (Å²) in [4.78, 5) is 7.32. The van der Waals surface area contributed by atoms with E-state index in [9.17, 15) is 5.21 Å². The van der Waals surface area contributed by atoms with Crippen molar-refractivity contribution in [2.24, 2.45) is 4.99 Å². The predicted molar refractivity (Wildman–Crippen MR) is 44.1 cm³/mol. The van der Waals surface area contributed by atoms with E-state index in [1.54, 1.807) is 0 Å². The highest BCUT2D eigenvalue weighted by Crippen LogP contribution is 2.06. The Bertz CT molecular complexity index is 367. The van der Waals surface area contributed by atoms with Crippen LogP contribution in [0.3, 0.4) is 0 Å². The van der Waals surface area contributed by atoms with E-state index >= 15 is 0 Å². The molecule has 7 heteroatoms. The summed E-state index contributed by atoms with van der Waals surface area (Å²) < 4.78 is 0.595. The van der Waals surface area contributed by atoms with Crippen LogP contribution in [0.5, 0.6) is 0 Å². The largest absolute Gasteiger partial charge is 0.425 e. The molecule has 0 aromatic carbocycles. The van der Waals surface area contributed by atoms with E-state index < -0.39 is 0 Å². The van der Waals surface area contributed by atoms with Crippen molar-refractivity contribution >= 4 is 17.5 Å². The van der Waals surface area contributed by atoms with Crippen molar-refractivity contribution in [3.8, 4) is 0 Å². The minimum absolute atomic E-state index is 0.0256. The predicted octanol–water partition coefficient (Wildman–Crippen LogP) is -1.60. The number of anilines is 3. The molecule has 0 aliphatic heterocycles. The van der Waals surface area contributed by atoms with Gasteiger partial charge in [0, 0.05) is 7.05 Å². The molecule has 1 aromatic heterocycles. The van der Waals surface area contributed by atoms with Gasteiger partial charge in [0.25, 0.3) is 0 Å². The van der Waals surface area contributed by atoms with E-state index in [1.807, 2.05) is 0 Å². The van der Waals surface area contributed by atoms with Gasteiger partial charge in [0.2, 0.25) is 5.49 Å². The number of aromatic nitrogens is 2. The van der Waals surface area contributed by atoms with E-state index in [2.05, 4.69) is 9.98 Å². The van der Waals surface area contributed by atoms with Crippen molar-refractivity contribution in [2.75, 3.05) is 24.2 Å². The molecule has 0 unspecified atom stereocenters. The molecule has 0 aliphatic rings. The van der Waals surface area contributed by atoms with E-state index in [0.29, 0.717) is 4.73 Å². The van der Waals surface area contributed by atoms with Crippen LogP contribution in [-0.4, -0.2) is 22.0 Å². The van der Waals surface area contributed by atoms with Gasteiger partial charge in [-0.15, -0.1) is 4.73 Å². The van der Waals surface area contributed by atoms with Crippen LogP contribution in [0.1, 0.15) is 0 Å². The highest BCUT2D eigenvalue weighted by atomic mass is 16.5. The van der Waals surface area contributed by atoms with Crippen LogP contribution in [0.4, 0.5) is 17.5 Å². The van der Waals surface area contributed by atoms with Crippen molar-refractivity contribution in [1.29, 1.82) is 0 Å². The van der Waals surface area contributed by atoms with E-state index in [1.165, 1.54) is 7.05 Å². The Balaban J connectivity index is 3.64. The zero-order valence-corrected chi connectivity index (χ0v) is 6.52. The first-order chi connectivity index (χ1) is 5.57. The number of rotatable bonds is 0. The third-order valence-corrected chi connectivity index (χ3v) is 1.37. The molecule has 0 atom stereocenters. The third-order valence-electron chi connectivity index (χ3n) is 1.37. The van der Waals surface area contributed by atoms with Crippen molar-refractivity contribution < 1.29 is 5.21 Å². The number of nitrogens with two attached hydrogens (primary N) is 3. The van der Waals surface area contributed by atoms with E-state index in [-0.39, 0.29) is 22.9 Å². The molecule has 12 heavy (non-hydrogen) atoms. The zero-order chi connectivity index (χ0) is 9.30. The molecule has 0 bridgehead atoms. The second-order valence-corrected chi connectivity index (χ2v) is 2.13. The average molecular weight is 170 g/mol. The van der Waals surface area contributed by atoms with Crippen LogP contribution < -0.4 is 22.7 Å². The highest BCUT2D eigenvalue weighted by molar-refractivity contribution is 5.55. The topological polar surface area (TPSA) is 128 Å². The van der Waals surface area contributed by atoms with E-state index in [4.69, 9.17) is 17.2 Å². The third kappa shape index (κ3) is 1.00. The maximum atomic E-state index is 9.26. The second kappa shape index (κ2) is 2.61. The van der Waals surface area contributed by atoms with Gasteiger partial charge in [-0.1, -0.05) is 0 Å². The standard InChI is InChI=1S/C5H10N6O/c1-9-5-3(7)10-2(6)4(8)11(5)12/h12H,6,8H2,1H3,(H2,7,10). The lowest BCUT2D eigenvalue weighted by atomic mass is 10.5. The maximum absolute atomic E-state index is 9.26. The molecule has 7 N–H and O–H groups in total.